The maximum Gasteiger partial charge on any atom is -0.00242 e. The van der Waals surface area contributed by atoms with Crippen LogP contribution in [0.15, 0.2) is 12.3 Å². The van der Waals surface area contributed by atoms with Gasteiger partial charge in [-0.3, -0.25) is 0 Å². The van der Waals surface area contributed by atoms with E-state index in [0.717, 1.165) is 0 Å². The van der Waals surface area contributed by atoms with Crippen molar-refractivity contribution in [2.75, 3.05) is 0 Å². The molecule has 0 heterocycles. The Morgan fingerprint density at radius 3 is 1.80 bits per heavy atom. The van der Waals surface area contributed by atoms with E-state index in [-0.39, 0.29) is 7.43 Å². The second-order valence-corrected chi connectivity index (χ2v) is 0.846. The number of nitrogens with two attached hydrogens (primary N) is 1. The molecule has 0 saturated heterocycles. The van der Waals surface area contributed by atoms with Crippen molar-refractivity contribution in [3.05, 3.63) is 19.7 Å². The zero-order chi connectivity index (χ0) is 3.58. The summed E-state index contributed by atoms with van der Waals surface area (Å²) in [5, 5.41) is 0. The normalized spacial score (nSPS) is 5.00. The van der Waals surface area contributed by atoms with Crippen molar-refractivity contribution < 1.29 is 0 Å². The van der Waals surface area contributed by atoms with E-state index in [1.54, 1.807) is 6.92 Å². The standard InChI is InChI=1S/C3H7N.CH3/c1-3(2)4;/h1,4H2,2H3;1H3/q;-1. The molecule has 32 valence electrons. The Kier molecular flexibility index (Phi) is 6.24. The first-order valence-electron chi connectivity index (χ1n) is 1.14. The van der Waals surface area contributed by atoms with Gasteiger partial charge in [0, 0.05) is 0 Å². The monoisotopic (exact) mass is 72.1 g/mol. The molecule has 2 N–H and O–H groups in total. The summed E-state index contributed by atoms with van der Waals surface area (Å²) in [6, 6.07) is 0. The van der Waals surface area contributed by atoms with Gasteiger partial charge in [-0.25, -0.2) is 0 Å². The van der Waals surface area contributed by atoms with E-state index in [1.807, 2.05) is 0 Å². The molecule has 5 heavy (non-hydrogen) atoms. The number of rotatable bonds is 0. The Hall–Kier alpha value is -0.460. The molecule has 0 spiro atoms. The lowest BCUT2D eigenvalue weighted by Gasteiger charge is -1.69. The first-order valence-corrected chi connectivity index (χ1v) is 1.14. The highest BCUT2D eigenvalue weighted by Crippen LogP contribution is 1.58. The van der Waals surface area contributed by atoms with Crippen LogP contribution in [0.3, 0.4) is 0 Å². The topological polar surface area (TPSA) is 26.0 Å². The van der Waals surface area contributed by atoms with Crippen LogP contribution in [-0.4, -0.2) is 0 Å². The molecule has 1 heteroatoms. The molecule has 0 aromatic heterocycles. The van der Waals surface area contributed by atoms with Crippen LogP contribution in [0.2, 0.25) is 0 Å². The van der Waals surface area contributed by atoms with Crippen LogP contribution in [-0.2, 0) is 0 Å². The molecular weight excluding hydrogens is 62.1 g/mol. The lowest BCUT2D eigenvalue weighted by Crippen LogP contribution is -1.83. The summed E-state index contributed by atoms with van der Waals surface area (Å²) in [6.45, 7) is 5.08. The fourth-order valence-corrected chi connectivity index (χ4v) is 0. The van der Waals surface area contributed by atoms with Gasteiger partial charge in [0.15, 0.2) is 0 Å². The molecule has 0 saturated carbocycles. The predicted molar refractivity (Wildman–Crippen MR) is 25.4 cm³/mol. The largest absolute Gasteiger partial charge is 0.403 e. The van der Waals surface area contributed by atoms with Gasteiger partial charge in [0.25, 0.3) is 0 Å². The van der Waals surface area contributed by atoms with E-state index in [1.165, 1.54) is 0 Å². The highest BCUT2D eigenvalue weighted by atomic mass is 14.5. The summed E-state index contributed by atoms with van der Waals surface area (Å²) in [6.07, 6.45) is 0. The van der Waals surface area contributed by atoms with Gasteiger partial charge < -0.3 is 13.2 Å². The highest BCUT2D eigenvalue weighted by molar-refractivity contribution is 4.76. The van der Waals surface area contributed by atoms with Crippen molar-refractivity contribution in [1.82, 2.24) is 0 Å². The summed E-state index contributed by atoms with van der Waals surface area (Å²) < 4.78 is 0. The molecule has 0 fully saturated rings. The van der Waals surface area contributed by atoms with Gasteiger partial charge in [0.1, 0.15) is 0 Å². The van der Waals surface area contributed by atoms with Crippen molar-refractivity contribution in [2.24, 2.45) is 5.73 Å². The molecule has 0 unspecified atom stereocenters. The van der Waals surface area contributed by atoms with E-state index in [9.17, 15) is 0 Å². The predicted octanol–water partition coefficient (Wildman–Crippen LogP) is 0.929. The lowest BCUT2D eigenvalue weighted by molar-refractivity contribution is 1.34. The molecule has 0 radical (unpaired) electrons. The fourth-order valence-electron chi connectivity index (χ4n) is 0. The Morgan fingerprint density at radius 2 is 1.80 bits per heavy atom. The molecule has 0 aliphatic carbocycles. The van der Waals surface area contributed by atoms with Crippen LogP contribution >= 0.6 is 0 Å². The number of hydrogen-bond acceptors (Lipinski definition) is 1. The zero-order valence-corrected chi connectivity index (χ0v) is 3.78. The second kappa shape index (κ2) is 3.54. The van der Waals surface area contributed by atoms with Gasteiger partial charge in [-0.15, -0.1) is 0 Å². The van der Waals surface area contributed by atoms with Gasteiger partial charge >= 0.3 is 0 Å². The van der Waals surface area contributed by atoms with E-state index in [2.05, 4.69) is 6.58 Å². The van der Waals surface area contributed by atoms with Crippen LogP contribution in [0.4, 0.5) is 0 Å². The fraction of sp³-hybridized carbons (Fsp3) is 0.250. The Balaban J connectivity index is 0. The number of allylic oxidation sites excluding steroid dienone is 1. The SMILES string of the molecule is C=C(C)N.[CH3-]. The molecule has 0 atom stereocenters. The molecule has 1 nitrogen and oxygen atoms in total. The van der Waals surface area contributed by atoms with Gasteiger partial charge in [0.05, 0.1) is 0 Å². The quantitative estimate of drug-likeness (QED) is 0.423. The first-order chi connectivity index (χ1) is 1.73. The minimum Gasteiger partial charge on any atom is -0.403 e. The van der Waals surface area contributed by atoms with Crippen molar-refractivity contribution in [3.8, 4) is 0 Å². The third-order valence-electron chi connectivity index (χ3n) is 0. The van der Waals surface area contributed by atoms with Gasteiger partial charge in [-0.05, 0) is 12.6 Å². The molecule has 0 aromatic rings. The van der Waals surface area contributed by atoms with E-state index in [4.69, 9.17) is 5.73 Å². The van der Waals surface area contributed by atoms with Gasteiger partial charge in [-0.1, -0.05) is 6.58 Å². The van der Waals surface area contributed by atoms with Crippen LogP contribution in [0, 0.1) is 7.43 Å². The maximum absolute atomic E-state index is 4.92. The summed E-state index contributed by atoms with van der Waals surface area (Å²) in [4.78, 5) is 0. The minimum atomic E-state index is 0. The molecule has 0 aliphatic heterocycles. The average Bonchev–Trinajstić information content (AvgIpc) is 0.811. The summed E-state index contributed by atoms with van der Waals surface area (Å²) in [5.41, 5.74) is 5.58. The van der Waals surface area contributed by atoms with Crippen molar-refractivity contribution >= 4 is 0 Å². The van der Waals surface area contributed by atoms with Crippen molar-refractivity contribution in [1.29, 1.82) is 0 Å². The minimum absolute atomic E-state index is 0. The van der Waals surface area contributed by atoms with Crippen LogP contribution in [0.1, 0.15) is 6.92 Å². The molecular formula is C4H10N-. The zero-order valence-electron chi connectivity index (χ0n) is 3.78. The summed E-state index contributed by atoms with van der Waals surface area (Å²) in [7, 11) is 0. The average molecular weight is 72.1 g/mol. The molecule has 0 amide bonds. The maximum atomic E-state index is 4.92. The van der Waals surface area contributed by atoms with Crippen LogP contribution in [0.25, 0.3) is 0 Å². The Labute approximate surface area is 33.5 Å². The third kappa shape index (κ3) is 39.7. The van der Waals surface area contributed by atoms with Gasteiger partial charge in [-0.2, -0.15) is 0 Å². The van der Waals surface area contributed by atoms with E-state index >= 15 is 0 Å². The molecule has 0 bridgehead atoms. The first kappa shape index (κ1) is 8.82. The lowest BCUT2D eigenvalue weighted by atomic mass is 10.6. The van der Waals surface area contributed by atoms with Crippen molar-refractivity contribution in [3.63, 3.8) is 0 Å². The van der Waals surface area contributed by atoms with Crippen molar-refractivity contribution in [2.45, 2.75) is 6.92 Å². The van der Waals surface area contributed by atoms with Crippen LogP contribution < -0.4 is 5.73 Å². The molecule has 0 aromatic carbocycles. The Bertz CT molecular complexity index is 26.6. The smallest absolute Gasteiger partial charge is 0.00242 e. The summed E-state index contributed by atoms with van der Waals surface area (Å²) in [5.74, 6) is 0. The van der Waals surface area contributed by atoms with E-state index < -0.39 is 0 Å². The van der Waals surface area contributed by atoms with Crippen LogP contribution in [0.5, 0.6) is 0 Å². The number of hydrogen-bond donors (Lipinski definition) is 1. The van der Waals surface area contributed by atoms with Gasteiger partial charge in [0.2, 0.25) is 0 Å². The summed E-state index contributed by atoms with van der Waals surface area (Å²) >= 11 is 0. The second-order valence-electron chi connectivity index (χ2n) is 0.846. The highest BCUT2D eigenvalue weighted by Gasteiger charge is 1.50. The molecule has 0 rings (SSSR count). The Morgan fingerprint density at radius 1 is 1.80 bits per heavy atom. The molecule has 0 aliphatic rings. The van der Waals surface area contributed by atoms with E-state index in [0.29, 0.717) is 5.70 Å². The third-order valence-corrected chi connectivity index (χ3v) is 0.